The normalized spacial score (nSPS) is 10.6. The van der Waals surface area contributed by atoms with Gasteiger partial charge in [0.25, 0.3) is 5.69 Å². The van der Waals surface area contributed by atoms with Crippen molar-refractivity contribution in [2.24, 2.45) is 5.10 Å². The Morgan fingerprint density at radius 3 is 2.57 bits per heavy atom. The van der Waals surface area contributed by atoms with Crippen molar-refractivity contribution in [3.05, 3.63) is 93.8 Å². The van der Waals surface area contributed by atoms with Gasteiger partial charge in [0.05, 0.1) is 23.8 Å². The quantitative estimate of drug-likeness (QED) is 0.204. The molecule has 0 saturated heterocycles. The van der Waals surface area contributed by atoms with E-state index in [0.29, 0.717) is 5.56 Å². The largest absolute Gasteiger partial charge is 0.493 e. The second kappa shape index (κ2) is 9.28. The molecule has 1 N–H and O–H groups in total. The molecule has 0 aliphatic rings. The Morgan fingerprint density at radius 1 is 1.10 bits per heavy atom. The maximum Gasteiger partial charge on any atom is 0.346 e. The maximum absolute atomic E-state index is 13.7. The van der Waals surface area contributed by atoms with Gasteiger partial charge < -0.3 is 9.47 Å². The Kier molecular flexibility index (Phi) is 6.33. The second-order valence-corrected chi connectivity index (χ2v) is 5.92. The van der Waals surface area contributed by atoms with Gasteiger partial charge in [0.15, 0.2) is 11.5 Å². The SMILES string of the molecule is COc1cc(/C=N/Nc2ccccc2[N+](=O)[O-])ccc1OC(=O)c1ccccc1F. The van der Waals surface area contributed by atoms with Gasteiger partial charge in [-0.3, -0.25) is 15.5 Å². The van der Waals surface area contributed by atoms with Crippen LogP contribution in [-0.2, 0) is 0 Å². The van der Waals surface area contributed by atoms with E-state index in [1.54, 1.807) is 24.3 Å². The van der Waals surface area contributed by atoms with Crippen LogP contribution in [-0.4, -0.2) is 24.2 Å². The zero-order valence-electron chi connectivity index (χ0n) is 15.7. The fourth-order valence-electron chi connectivity index (χ4n) is 2.53. The standard InChI is InChI=1S/C21H16FN3O5/c1-29-20-12-14(13-23-24-17-8-4-5-9-18(17)25(27)28)10-11-19(20)30-21(26)15-6-2-3-7-16(15)22/h2-13,24H,1H3/b23-13+. The number of nitrogens with one attached hydrogen (secondary N) is 1. The number of anilines is 1. The summed E-state index contributed by atoms with van der Waals surface area (Å²) in [5.74, 6) is -1.21. The monoisotopic (exact) mass is 409 g/mol. The van der Waals surface area contributed by atoms with E-state index in [-0.39, 0.29) is 28.4 Å². The highest BCUT2D eigenvalue weighted by atomic mass is 19.1. The van der Waals surface area contributed by atoms with Crippen molar-refractivity contribution in [3.8, 4) is 11.5 Å². The van der Waals surface area contributed by atoms with E-state index in [1.807, 2.05) is 0 Å². The van der Waals surface area contributed by atoms with Crippen LogP contribution in [0, 0.1) is 15.9 Å². The van der Waals surface area contributed by atoms with Gasteiger partial charge in [-0.1, -0.05) is 24.3 Å². The van der Waals surface area contributed by atoms with Gasteiger partial charge in [0, 0.05) is 6.07 Å². The smallest absolute Gasteiger partial charge is 0.346 e. The third kappa shape index (κ3) is 4.76. The van der Waals surface area contributed by atoms with E-state index in [0.717, 1.165) is 6.07 Å². The van der Waals surface area contributed by atoms with Crippen LogP contribution < -0.4 is 14.9 Å². The van der Waals surface area contributed by atoms with Gasteiger partial charge in [-0.05, 0) is 42.0 Å². The Labute approximate surface area is 170 Å². The fraction of sp³-hybridized carbons (Fsp3) is 0.0476. The summed E-state index contributed by atoms with van der Waals surface area (Å²) < 4.78 is 24.2. The Morgan fingerprint density at radius 2 is 1.83 bits per heavy atom. The minimum Gasteiger partial charge on any atom is -0.493 e. The van der Waals surface area contributed by atoms with Crippen molar-refractivity contribution in [2.45, 2.75) is 0 Å². The van der Waals surface area contributed by atoms with Gasteiger partial charge in [-0.15, -0.1) is 0 Å². The van der Waals surface area contributed by atoms with E-state index in [2.05, 4.69) is 10.5 Å². The Bertz CT molecular complexity index is 1120. The number of esters is 1. The lowest BCUT2D eigenvalue weighted by Gasteiger charge is -2.10. The molecule has 0 bridgehead atoms. The number of carbonyl (C=O) groups excluding carboxylic acids is 1. The number of benzene rings is 3. The molecule has 0 aromatic heterocycles. The van der Waals surface area contributed by atoms with Crippen LogP contribution >= 0.6 is 0 Å². The second-order valence-electron chi connectivity index (χ2n) is 5.92. The van der Waals surface area contributed by atoms with E-state index in [1.165, 1.54) is 49.7 Å². The highest BCUT2D eigenvalue weighted by Gasteiger charge is 2.16. The van der Waals surface area contributed by atoms with Crippen LogP contribution in [0.4, 0.5) is 15.8 Å². The number of hydrogen-bond acceptors (Lipinski definition) is 7. The number of hydrazone groups is 1. The third-order valence-corrected chi connectivity index (χ3v) is 3.98. The first kappa shape index (κ1) is 20.5. The predicted octanol–water partition coefficient (Wildman–Crippen LogP) is 4.41. The first-order valence-corrected chi connectivity index (χ1v) is 8.67. The van der Waals surface area contributed by atoms with Crippen LogP contribution in [0.3, 0.4) is 0 Å². The number of rotatable bonds is 7. The molecule has 0 amide bonds. The number of nitro groups is 1. The average Bonchev–Trinajstić information content (AvgIpc) is 2.75. The minimum atomic E-state index is -0.856. The molecule has 9 heteroatoms. The van der Waals surface area contributed by atoms with Gasteiger partial charge in [0.2, 0.25) is 0 Å². The molecule has 0 heterocycles. The van der Waals surface area contributed by atoms with E-state index in [4.69, 9.17) is 9.47 Å². The molecule has 0 unspecified atom stereocenters. The maximum atomic E-state index is 13.7. The minimum absolute atomic E-state index is 0.106. The van der Waals surface area contributed by atoms with E-state index in [9.17, 15) is 19.3 Å². The molecule has 0 spiro atoms. The average molecular weight is 409 g/mol. The van der Waals surface area contributed by atoms with Crippen molar-refractivity contribution in [1.82, 2.24) is 0 Å². The van der Waals surface area contributed by atoms with Crippen LogP contribution in [0.2, 0.25) is 0 Å². The molecule has 0 radical (unpaired) electrons. The van der Waals surface area contributed by atoms with E-state index >= 15 is 0 Å². The van der Waals surface area contributed by atoms with Crippen LogP contribution in [0.15, 0.2) is 71.8 Å². The van der Waals surface area contributed by atoms with Crippen molar-refractivity contribution in [2.75, 3.05) is 12.5 Å². The zero-order chi connectivity index (χ0) is 21.5. The Hall–Kier alpha value is -4.27. The van der Waals surface area contributed by atoms with Gasteiger partial charge in [-0.2, -0.15) is 5.10 Å². The number of carbonyl (C=O) groups is 1. The molecule has 0 fully saturated rings. The van der Waals surface area contributed by atoms with E-state index < -0.39 is 16.7 Å². The summed E-state index contributed by atoms with van der Waals surface area (Å²) in [4.78, 5) is 22.7. The molecular formula is C21H16FN3O5. The number of hydrogen-bond donors (Lipinski definition) is 1. The summed E-state index contributed by atoms with van der Waals surface area (Å²) >= 11 is 0. The summed E-state index contributed by atoms with van der Waals surface area (Å²) in [6, 6.07) is 16.2. The topological polar surface area (TPSA) is 103 Å². The number of methoxy groups -OCH3 is 1. The molecule has 152 valence electrons. The first-order chi connectivity index (χ1) is 14.5. The number of nitro benzene ring substituents is 1. The summed E-state index contributed by atoms with van der Waals surface area (Å²) in [7, 11) is 1.39. The number of para-hydroxylation sites is 2. The van der Waals surface area contributed by atoms with Gasteiger partial charge >= 0.3 is 5.97 Å². The van der Waals surface area contributed by atoms with Crippen molar-refractivity contribution in [3.63, 3.8) is 0 Å². The lowest BCUT2D eigenvalue weighted by Crippen LogP contribution is -2.11. The third-order valence-electron chi connectivity index (χ3n) is 3.98. The molecule has 0 aliphatic heterocycles. The molecule has 0 aliphatic carbocycles. The summed E-state index contributed by atoms with van der Waals surface area (Å²) in [6.07, 6.45) is 1.42. The molecule has 3 aromatic carbocycles. The van der Waals surface area contributed by atoms with Crippen molar-refractivity contribution < 1.29 is 23.6 Å². The molecule has 3 rings (SSSR count). The summed E-state index contributed by atoms with van der Waals surface area (Å²) in [6.45, 7) is 0. The summed E-state index contributed by atoms with van der Waals surface area (Å²) in [5.41, 5.74) is 3.12. The number of nitrogens with zero attached hydrogens (tertiary/aromatic N) is 2. The molecule has 0 saturated carbocycles. The zero-order valence-corrected chi connectivity index (χ0v) is 15.7. The van der Waals surface area contributed by atoms with Crippen LogP contribution in [0.5, 0.6) is 11.5 Å². The van der Waals surface area contributed by atoms with Crippen LogP contribution in [0.1, 0.15) is 15.9 Å². The Balaban J connectivity index is 1.74. The highest BCUT2D eigenvalue weighted by Crippen LogP contribution is 2.29. The fourth-order valence-corrected chi connectivity index (χ4v) is 2.53. The molecule has 30 heavy (non-hydrogen) atoms. The molecule has 3 aromatic rings. The molecular weight excluding hydrogens is 393 g/mol. The number of halogens is 1. The lowest BCUT2D eigenvalue weighted by atomic mass is 10.2. The molecule has 8 nitrogen and oxygen atoms in total. The first-order valence-electron chi connectivity index (χ1n) is 8.67. The van der Waals surface area contributed by atoms with Crippen molar-refractivity contribution >= 4 is 23.6 Å². The van der Waals surface area contributed by atoms with Crippen molar-refractivity contribution in [1.29, 1.82) is 0 Å². The van der Waals surface area contributed by atoms with Gasteiger partial charge in [-0.25, -0.2) is 9.18 Å². The molecule has 0 atom stereocenters. The number of ether oxygens (including phenoxy) is 2. The van der Waals surface area contributed by atoms with Crippen LogP contribution in [0.25, 0.3) is 0 Å². The van der Waals surface area contributed by atoms with Gasteiger partial charge in [0.1, 0.15) is 11.5 Å². The lowest BCUT2D eigenvalue weighted by molar-refractivity contribution is -0.384. The highest BCUT2D eigenvalue weighted by molar-refractivity contribution is 5.92. The summed E-state index contributed by atoms with van der Waals surface area (Å²) in [5, 5.41) is 15.0. The predicted molar refractivity (Wildman–Crippen MR) is 109 cm³/mol.